The second kappa shape index (κ2) is 5.66. The van der Waals surface area contributed by atoms with Crippen LogP contribution in [0.1, 0.15) is 35.3 Å². The van der Waals surface area contributed by atoms with Gasteiger partial charge in [0.25, 0.3) is 0 Å². The number of benzene rings is 1. The van der Waals surface area contributed by atoms with Gasteiger partial charge in [-0.2, -0.15) is 5.10 Å². The molecule has 21 heavy (non-hydrogen) atoms. The van der Waals surface area contributed by atoms with Crippen molar-refractivity contribution in [3.8, 4) is 0 Å². The van der Waals surface area contributed by atoms with Gasteiger partial charge in [0.05, 0.1) is 5.69 Å². The predicted molar refractivity (Wildman–Crippen MR) is 84.2 cm³/mol. The SMILES string of the molecule is Cc1cc2ncc(CN[C@@H](C)c3ccccc3C)cn2n1. The zero-order valence-electron chi connectivity index (χ0n) is 12.7. The van der Waals surface area contributed by atoms with E-state index in [9.17, 15) is 0 Å². The van der Waals surface area contributed by atoms with Crippen molar-refractivity contribution in [1.29, 1.82) is 0 Å². The molecular formula is C17H20N4. The van der Waals surface area contributed by atoms with Gasteiger partial charge >= 0.3 is 0 Å². The van der Waals surface area contributed by atoms with Gasteiger partial charge in [0.2, 0.25) is 0 Å². The van der Waals surface area contributed by atoms with Gasteiger partial charge in [-0.25, -0.2) is 9.50 Å². The molecule has 0 saturated heterocycles. The van der Waals surface area contributed by atoms with Crippen LogP contribution in [0.4, 0.5) is 0 Å². The average molecular weight is 280 g/mol. The summed E-state index contributed by atoms with van der Waals surface area (Å²) in [6.07, 6.45) is 3.95. The third-order valence-electron chi connectivity index (χ3n) is 3.76. The van der Waals surface area contributed by atoms with Crippen molar-refractivity contribution < 1.29 is 0 Å². The molecule has 1 N–H and O–H groups in total. The van der Waals surface area contributed by atoms with E-state index in [0.29, 0.717) is 6.04 Å². The van der Waals surface area contributed by atoms with E-state index in [4.69, 9.17) is 0 Å². The van der Waals surface area contributed by atoms with Gasteiger partial charge in [-0.15, -0.1) is 0 Å². The third kappa shape index (κ3) is 2.95. The summed E-state index contributed by atoms with van der Waals surface area (Å²) in [6, 6.07) is 10.8. The molecule has 3 aromatic rings. The first-order valence-corrected chi connectivity index (χ1v) is 7.23. The van der Waals surface area contributed by atoms with Crippen LogP contribution < -0.4 is 5.32 Å². The van der Waals surface area contributed by atoms with Crippen LogP contribution in [0, 0.1) is 13.8 Å². The van der Waals surface area contributed by atoms with Crippen molar-refractivity contribution in [3.63, 3.8) is 0 Å². The monoisotopic (exact) mass is 280 g/mol. The van der Waals surface area contributed by atoms with E-state index >= 15 is 0 Å². The van der Waals surface area contributed by atoms with Crippen molar-refractivity contribution in [3.05, 3.63) is 65.1 Å². The summed E-state index contributed by atoms with van der Waals surface area (Å²) >= 11 is 0. The first kappa shape index (κ1) is 13.8. The Morgan fingerprint density at radius 2 is 2.05 bits per heavy atom. The molecule has 0 unspecified atom stereocenters. The number of nitrogens with one attached hydrogen (secondary N) is 1. The number of nitrogens with zero attached hydrogens (tertiary/aromatic N) is 3. The molecule has 2 aromatic heterocycles. The zero-order chi connectivity index (χ0) is 14.8. The van der Waals surface area contributed by atoms with E-state index in [1.54, 1.807) is 0 Å². The molecule has 0 spiro atoms. The summed E-state index contributed by atoms with van der Waals surface area (Å²) in [5, 5.41) is 7.95. The van der Waals surface area contributed by atoms with Crippen molar-refractivity contribution in [2.75, 3.05) is 0 Å². The van der Waals surface area contributed by atoms with E-state index in [1.807, 2.05) is 29.9 Å². The van der Waals surface area contributed by atoms with Gasteiger partial charge in [0.15, 0.2) is 5.65 Å². The number of aromatic nitrogens is 3. The van der Waals surface area contributed by atoms with Gasteiger partial charge in [-0.05, 0) is 31.9 Å². The van der Waals surface area contributed by atoms with E-state index in [-0.39, 0.29) is 0 Å². The van der Waals surface area contributed by atoms with Crippen molar-refractivity contribution in [2.45, 2.75) is 33.4 Å². The summed E-state index contributed by atoms with van der Waals surface area (Å²) in [5.74, 6) is 0. The van der Waals surface area contributed by atoms with Gasteiger partial charge in [-0.3, -0.25) is 0 Å². The molecule has 0 aliphatic carbocycles. The van der Waals surface area contributed by atoms with E-state index in [2.05, 4.69) is 53.5 Å². The molecule has 0 bridgehead atoms. The lowest BCUT2D eigenvalue weighted by Gasteiger charge is -2.16. The molecule has 4 heteroatoms. The highest BCUT2D eigenvalue weighted by Crippen LogP contribution is 2.17. The highest BCUT2D eigenvalue weighted by Gasteiger charge is 2.08. The number of rotatable bonds is 4. The molecule has 108 valence electrons. The number of fused-ring (bicyclic) bond motifs is 1. The number of hydrogen-bond donors (Lipinski definition) is 1. The molecule has 1 atom stereocenters. The zero-order valence-corrected chi connectivity index (χ0v) is 12.7. The molecule has 0 amide bonds. The van der Waals surface area contributed by atoms with Gasteiger partial charge < -0.3 is 5.32 Å². The molecule has 0 radical (unpaired) electrons. The molecule has 3 rings (SSSR count). The minimum atomic E-state index is 0.307. The second-order valence-corrected chi connectivity index (χ2v) is 5.51. The topological polar surface area (TPSA) is 42.2 Å². The summed E-state index contributed by atoms with van der Waals surface area (Å²) in [7, 11) is 0. The molecule has 0 aliphatic heterocycles. The van der Waals surface area contributed by atoms with Crippen LogP contribution in [0.3, 0.4) is 0 Å². The fourth-order valence-corrected chi connectivity index (χ4v) is 2.58. The Morgan fingerprint density at radius 1 is 1.24 bits per heavy atom. The van der Waals surface area contributed by atoms with Crippen LogP contribution in [0.15, 0.2) is 42.7 Å². The molecule has 2 heterocycles. The predicted octanol–water partition coefficient (Wildman–Crippen LogP) is 3.20. The van der Waals surface area contributed by atoms with Crippen LogP contribution in [0.2, 0.25) is 0 Å². The first-order valence-electron chi connectivity index (χ1n) is 7.23. The largest absolute Gasteiger partial charge is 0.306 e. The van der Waals surface area contributed by atoms with Crippen LogP contribution in [-0.2, 0) is 6.54 Å². The number of hydrogen-bond acceptors (Lipinski definition) is 3. The average Bonchev–Trinajstić information content (AvgIpc) is 2.84. The highest BCUT2D eigenvalue weighted by atomic mass is 15.2. The third-order valence-corrected chi connectivity index (χ3v) is 3.76. The maximum atomic E-state index is 4.43. The standard InChI is InChI=1S/C17H20N4/c1-12-6-4-5-7-16(12)14(3)18-9-15-10-19-17-8-13(2)20-21(17)11-15/h4-8,10-11,14,18H,9H2,1-3H3/t14-/m0/s1. The van der Waals surface area contributed by atoms with Crippen LogP contribution in [0.5, 0.6) is 0 Å². The van der Waals surface area contributed by atoms with Crippen LogP contribution >= 0.6 is 0 Å². The smallest absolute Gasteiger partial charge is 0.155 e. The van der Waals surface area contributed by atoms with Gasteiger partial charge in [-0.1, -0.05) is 24.3 Å². The van der Waals surface area contributed by atoms with Gasteiger partial charge in [0, 0.05) is 36.6 Å². The second-order valence-electron chi connectivity index (χ2n) is 5.51. The summed E-state index contributed by atoms with van der Waals surface area (Å²) < 4.78 is 1.84. The number of aryl methyl sites for hydroxylation is 2. The normalized spacial score (nSPS) is 12.7. The minimum Gasteiger partial charge on any atom is -0.306 e. The lowest BCUT2D eigenvalue weighted by Crippen LogP contribution is -2.19. The first-order chi connectivity index (χ1) is 10.1. The lowest BCUT2D eigenvalue weighted by atomic mass is 10.0. The summed E-state index contributed by atoms with van der Waals surface area (Å²) in [5.41, 5.74) is 5.66. The van der Waals surface area contributed by atoms with E-state index < -0.39 is 0 Å². The quantitative estimate of drug-likeness (QED) is 0.798. The Labute approximate surface area is 124 Å². The van der Waals surface area contributed by atoms with Gasteiger partial charge in [0.1, 0.15) is 0 Å². The molecule has 4 nitrogen and oxygen atoms in total. The van der Waals surface area contributed by atoms with Crippen molar-refractivity contribution in [2.24, 2.45) is 0 Å². The van der Waals surface area contributed by atoms with Crippen molar-refractivity contribution in [1.82, 2.24) is 19.9 Å². The maximum Gasteiger partial charge on any atom is 0.155 e. The minimum absolute atomic E-state index is 0.307. The fraction of sp³-hybridized carbons (Fsp3) is 0.294. The van der Waals surface area contributed by atoms with E-state index in [0.717, 1.165) is 23.4 Å². The Bertz CT molecular complexity index is 760. The lowest BCUT2D eigenvalue weighted by molar-refractivity contribution is 0.569. The molecule has 0 saturated carbocycles. The molecule has 1 aromatic carbocycles. The van der Waals surface area contributed by atoms with Crippen LogP contribution in [0.25, 0.3) is 5.65 Å². The maximum absolute atomic E-state index is 4.43. The Balaban J connectivity index is 1.72. The highest BCUT2D eigenvalue weighted by molar-refractivity contribution is 5.39. The van der Waals surface area contributed by atoms with Crippen molar-refractivity contribution >= 4 is 5.65 Å². The molecular weight excluding hydrogens is 260 g/mol. The molecule has 0 fully saturated rings. The molecule has 0 aliphatic rings. The fourth-order valence-electron chi connectivity index (χ4n) is 2.58. The summed E-state index contributed by atoms with van der Waals surface area (Å²) in [6.45, 7) is 7.09. The Kier molecular flexibility index (Phi) is 3.71. The van der Waals surface area contributed by atoms with Crippen LogP contribution in [-0.4, -0.2) is 14.6 Å². The van der Waals surface area contributed by atoms with E-state index in [1.165, 1.54) is 11.1 Å². The Morgan fingerprint density at radius 3 is 2.86 bits per heavy atom. The summed E-state index contributed by atoms with van der Waals surface area (Å²) in [4.78, 5) is 4.43. The Hall–Kier alpha value is -2.20.